The molecule has 1 spiro atoms. The molecule has 0 aromatic heterocycles. The predicted molar refractivity (Wildman–Crippen MR) is 125 cm³/mol. The number of nitrogens with one attached hydrogen (secondary N) is 1. The van der Waals surface area contributed by atoms with Gasteiger partial charge in [0.1, 0.15) is 17.1 Å². The smallest absolute Gasteiger partial charge is 0.220 e. The van der Waals surface area contributed by atoms with Gasteiger partial charge >= 0.3 is 0 Å². The first-order valence-electron chi connectivity index (χ1n) is 12.0. The minimum Gasteiger partial charge on any atom is -0.497 e. The van der Waals surface area contributed by atoms with E-state index in [1.807, 2.05) is 18.2 Å². The van der Waals surface area contributed by atoms with E-state index >= 15 is 0 Å². The molecular weight excluding hydrogens is 400 g/mol. The van der Waals surface area contributed by atoms with Gasteiger partial charge in [-0.15, -0.1) is 0 Å². The number of carbonyl (C=O) groups excluding carboxylic acids is 1. The van der Waals surface area contributed by atoms with Gasteiger partial charge in [-0.2, -0.15) is 0 Å². The van der Waals surface area contributed by atoms with Crippen molar-refractivity contribution < 1.29 is 14.3 Å². The van der Waals surface area contributed by atoms with Crippen LogP contribution in [-0.4, -0.2) is 43.2 Å². The number of methoxy groups -OCH3 is 1. The van der Waals surface area contributed by atoms with Crippen LogP contribution in [0.1, 0.15) is 55.6 Å². The topological polar surface area (TPSA) is 50.8 Å². The zero-order valence-corrected chi connectivity index (χ0v) is 19.0. The highest BCUT2D eigenvalue weighted by molar-refractivity contribution is 5.77. The lowest BCUT2D eigenvalue weighted by Crippen LogP contribution is -2.50. The van der Waals surface area contributed by atoms with Gasteiger partial charge in [0.15, 0.2) is 0 Å². The third-order valence-corrected chi connectivity index (χ3v) is 7.35. The third-order valence-electron chi connectivity index (χ3n) is 7.35. The molecule has 2 aliphatic heterocycles. The number of likely N-dealkylation sites (tertiary alicyclic amines) is 1. The van der Waals surface area contributed by atoms with Crippen molar-refractivity contribution in [3.63, 3.8) is 0 Å². The van der Waals surface area contributed by atoms with Crippen LogP contribution in [-0.2, 0) is 11.3 Å². The minimum atomic E-state index is -0.161. The summed E-state index contributed by atoms with van der Waals surface area (Å²) in [5.41, 5.74) is 2.34. The van der Waals surface area contributed by atoms with Crippen molar-refractivity contribution in [1.82, 2.24) is 10.2 Å². The van der Waals surface area contributed by atoms with E-state index < -0.39 is 0 Å². The van der Waals surface area contributed by atoms with Crippen LogP contribution in [0, 0.1) is 5.92 Å². The first-order valence-corrected chi connectivity index (χ1v) is 12.0. The van der Waals surface area contributed by atoms with Crippen molar-refractivity contribution in [2.24, 2.45) is 5.92 Å². The second-order valence-electron chi connectivity index (χ2n) is 9.80. The van der Waals surface area contributed by atoms with Gasteiger partial charge in [-0.3, -0.25) is 9.69 Å². The Hall–Kier alpha value is -2.53. The summed E-state index contributed by atoms with van der Waals surface area (Å²) in [6.45, 7) is 3.81. The van der Waals surface area contributed by atoms with E-state index in [0.29, 0.717) is 12.3 Å². The van der Waals surface area contributed by atoms with E-state index in [2.05, 4.69) is 40.5 Å². The van der Waals surface area contributed by atoms with Crippen molar-refractivity contribution in [3.05, 3.63) is 59.7 Å². The zero-order valence-electron chi connectivity index (χ0n) is 19.0. The Balaban J connectivity index is 1.22. The molecule has 2 heterocycles. The molecule has 0 unspecified atom stereocenters. The van der Waals surface area contributed by atoms with Crippen molar-refractivity contribution >= 4 is 5.91 Å². The number of hydrogen-bond acceptors (Lipinski definition) is 4. The Bertz CT molecular complexity index is 930. The lowest BCUT2D eigenvalue weighted by atomic mass is 9.76. The molecule has 0 radical (unpaired) electrons. The number of carbonyl (C=O) groups is 1. The fourth-order valence-electron chi connectivity index (χ4n) is 5.22. The first kappa shape index (κ1) is 21.3. The Morgan fingerprint density at radius 3 is 2.59 bits per heavy atom. The lowest BCUT2D eigenvalue weighted by Gasteiger charge is -2.47. The number of amides is 1. The van der Waals surface area contributed by atoms with E-state index in [4.69, 9.17) is 9.47 Å². The quantitative estimate of drug-likeness (QED) is 0.697. The molecule has 32 heavy (non-hydrogen) atoms. The molecule has 0 bridgehead atoms. The van der Waals surface area contributed by atoms with Gasteiger partial charge in [0.05, 0.1) is 7.11 Å². The van der Waals surface area contributed by atoms with Crippen molar-refractivity contribution in [1.29, 1.82) is 0 Å². The van der Waals surface area contributed by atoms with Crippen molar-refractivity contribution in [3.8, 4) is 11.5 Å². The molecule has 2 aromatic rings. The Kier molecular flexibility index (Phi) is 6.09. The van der Waals surface area contributed by atoms with Gasteiger partial charge in [0.2, 0.25) is 5.91 Å². The molecule has 1 amide bonds. The van der Waals surface area contributed by atoms with Gasteiger partial charge in [-0.25, -0.2) is 0 Å². The van der Waals surface area contributed by atoms with E-state index in [-0.39, 0.29) is 17.4 Å². The number of ether oxygens (including phenoxy) is 2. The van der Waals surface area contributed by atoms with Crippen LogP contribution in [0.4, 0.5) is 0 Å². The van der Waals surface area contributed by atoms with Crippen LogP contribution in [0.2, 0.25) is 0 Å². The molecule has 5 nitrogen and oxygen atoms in total. The molecule has 3 aliphatic rings. The summed E-state index contributed by atoms with van der Waals surface area (Å²) in [5.74, 6) is 3.00. The fourth-order valence-corrected chi connectivity index (χ4v) is 5.22. The van der Waals surface area contributed by atoms with Crippen LogP contribution < -0.4 is 14.8 Å². The lowest BCUT2D eigenvalue weighted by molar-refractivity contribution is -0.122. The molecule has 1 saturated carbocycles. The van der Waals surface area contributed by atoms with Crippen LogP contribution in [0.15, 0.2) is 48.5 Å². The van der Waals surface area contributed by atoms with Gasteiger partial charge in [-0.1, -0.05) is 30.3 Å². The number of hydrogen-bond donors (Lipinski definition) is 1. The minimum absolute atomic E-state index is 0.161. The summed E-state index contributed by atoms with van der Waals surface area (Å²) >= 11 is 0. The molecule has 1 atom stereocenters. The zero-order chi connectivity index (χ0) is 22.0. The van der Waals surface area contributed by atoms with E-state index in [9.17, 15) is 4.79 Å². The first-order chi connectivity index (χ1) is 15.6. The second-order valence-corrected chi connectivity index (χ2v) is 9.80. The summed E-state index contributed by atoms with van der Waals surface area (Å²) in [7, 11) is 1.70. The molecular formula is C27H34N2O3. The maximum Gasteiger partial charge on any atom is 0.220 e. The number of fused-ring (bicyclic) bond motifs is 1. The average Bonchev–Trinajstić information content (AvgIpc) is 3.65. The molecule has 2 aromatic carbocycles. The maximum atomic E-state index is 12.7. The normalized spacial score (nSPS) is 22.1. The van der Waals surface area contributed by atoms with Crippen LogP contribution in [0.5, 0.6) is 11.5 Å². The SMILES string of the molecule is COc1ccc(CN2CCC3(CC2)C[C@@H](CC(=O)NCC2CC2)c2ccccc2O3)cc1. The highest BCUT2D eigenvalue weighted by Crippen LogP contribution is 2.46. The Morgan fingerprint density at radius 2 is 1.88 bits per heavy atom. The summed E-state index contributed by atoms with van der Waals surface area (Å²) in [6.07, 6.45) is 6.00. The van der Waals surface area contributed by atoms with E-state index in [1.54, 1.807) is 7.11 Å². The number of rotatable bonds is 7. The van der Waals surface area contributed by atoms with E-state index in [0.717, 1.165) is 56.9 Å². The van der Waals surface area contributed by atoms with Crippen LogP contribution >= 0.6 is 0 Å². The summed E-state index contributed by atoms with van der Waals surface area (Å²) in [5, 5.41) is 3.16. The third kappa shape index (κ3) is 4.93. The van der Waals surface area contributed by atoms with Crippen molar-refractivity contribution in [2.75, 3.05) is 26.7 Å². The highest BCUT2D eigenvalue weighted by atomic mass is 16.5. The molecule has 2 fully saturated rings. The monoisotopic (exact) mass is 434 g/mol. The van der Waals surface area contributed by atoms with Crippen molar-refractivity contribution in [2.45, 2.75) is 56.6 Å². The summed E-state index contributed by atoms with van der Waals surface area (Å²) < 4.78 is 11.9. The van der Waals surface area contributed by atoms with Crippen LogP contribution in [0.25, 0.3) is 0 Å². The Labute approximate surface area is 191 Å². The molecule has 1 aliphatic carbocycles. The molecule has 5 rings (SSSR count). The molecule has 1 N–H and O–H groups in total. The van der Waals surface area contributed by atoms with Gasteiger partial charge in [-0.05, 0) is 67.3 Å². The number of piperidine rings is 1. The molecule has 1 saturated heterocycles. The maximum absolute atomic E-state index is 12.7. The largest absolute Gasteiger partial charge is 0.497 e. The van der Waals surface area contributed by atoms with Crippen LogP contribution in [0.3, 0.4) is 0 Å². The summed E-state index contributed by atoms with van der Waals surface area (Å²) in [6, 6.07) is 16.7. The summed E-state index contributed by atoms with van der Waals surface area (Å²) in [4.78, 5) is 15.2. The number of nitrogens with zero attached hydrogens (tertiary/aromatic N) is 1. The van der Waals surface area contributed by atoms with Gasteiger partial charge < -0.3 is 14.8 Å². The fraction of sp³-hybridized carbons (Fsp3) is 0.519. The molecule has 5 heteroatoms. The molecule has 170 valence electrons. The number of benzene rings is 2. The number of para-hydroxylation sites is 1. The Morgan fingerprint density at radius 1 is 1.12 bits per heavy atom. The predicted octanol–water partition coefficient (Wildman–Crippen LogP) is 4.51. The standard InChI is InChI=1S/C27H34N2O3/c1-31-23-10-8-21(9-11-23)19-29-14-12-27(13-15-29)17-22(16-26(30)28-18-20-6-7-20)24-4-2-3-5-25(24)32-27/h2-5,8-11,20,22H,6-7,12-19H2,1H3,(H,28,30)/t22-/m1/s1. The van der Waals surface area contributed by atoms with Gasteiger partial charge in [0, 0.05) is 38.5 Å². The highest BCUT2D eigenvalue weighted by Gasteiger charge is 2.43. The van der Waals surface area contributed by atoms with E-state index in [1.165, 1.54) is 24.0 Å². The second kappa shape index (κ2) is 9.14. The van der Waals surface area contributed by atoms with Gasteiger partial charge in [0.25, 0.3) is 0 Å². The average molecular weight is 435 g/mol.